The Morgan fingerprint density at radius 3 is 2.71 bits per heavy atom. The van der Waals surface area contributed by atoms with E-state index in [0.717, 1.165) is 32.5 Å². The number of aromatic nitrogens is 2. The molecule has 0 aliphatic carbocycles. The zero-order valence-corrected chi connectivity index (χ0v) is 14.8. The first-order chi connectivity index (χ1) is 11.5. The summed E-state index contributed by atoms with van der Waals surface area (Å²) in [5.74, 6) is -0.0250. The van der Waals surface area contributed by atoms with Crippen LogP contribution in [0.3, 0.4) is 0 Å². The van der Waals surface area contributed by atoms with Gasteiger partial charge in [-0.05, 0) is 50.1 Å². The molecule has 0 spiro atoms. The van der Waals surface area contributed by atoms with E-state index >= 15 is 0 Å². The van der Waals surface area contributed by atoms with Gasteiger partial charge in [-0.3, -0.25) is 9.78 Å². The van der Waals surface area contributed by atoms with E-state index in [1.54, 1.807) is 6.20 Å². The summed E-state index contributed by atoms with van der Waals surface area (Å²) in [4.78, 5) is 22.2. The third-order valence-electron chi connectivity index (χ3n) is 3.98. The molecule has 1 aromatic carbocycles. The molecular formula is C19H19N3OS. The van der Waals surface area contributed by atoms with Crippen LogP contribution >= 0.6 is 11.3 Å². The Labute approximate surface area is 145 Å². The molecule has 5 heteroatoms. The van der Waals surface area contributed by atoms with E-state index in [4.69, 9.17) is 0 Å². The van der Waals surface area contributed by atoms with Crippen LogP contribution in [0.5, 0.6) is 0 Å². The summed E-state index contributed by atoms with van der Waals surface area (Å²) in [5, 5.41) is 3.85. The van der Waals surface area contributed by atoms with Crippen molar-refractivity contribution in [2.24, 2.45) is 0 Å². The average molecular weight is 337 g/mol. The molecule has 2 heterocycles. The van der Waals surface area contributed by atoms with Crippen LogP contribution in [0.1, 0.15) is 21.7 Å². The van der Waals surface area contributed by atoms with Gasteiger partial charge in [0.25, 0.3) is 0 Å². The fourth-order valence-corrected chi connectivity index (χ4v) is 3.46. The largest absolute Gasteiger partial charge is 0.326 e. The van der Waals surface area contributed by atoms with Crippen molar-refractivity contribution in [3.05, 3.63) is 64.3 Å². The second kappa shape index (κ2) is 6.93. The molecule has 0 unspecified atom stereocenters. The Kier molecular flexibility index (Phi) is 4.71. The van der Waals surface area contributed by atoms with Gasteiger partial charge < -0.3 is 5.32 Å². The zero-order valence-electron chi connectivity index (χ0n) is 14.0. The first-order valence-electron chi connectivity index (χ1n) is 7.78. The Hall–Kier alpha value is -2.53. The molecule has 1 amide bonds. The number of rotatable bonds is 4. The highest BCUT2D eigenvalue weighted by Crippen LogP contribution is 2.27. The Bertz CT molecular complexity index is 872. The highest BCUT2D eigenvalue weighted by Gasteiger charge is 2.14. The number of hydrogen-bond donors (Lipinski definition) is 1. The van der Waals surface area contributed by atoms with Gasteiger partial charge in [0.2, 0.25) is 5.91 Å². The van der Waals surface area contributed by atoms with Gasteiger partial charge in [-0.25, -0.2) is 4.98 Å². The van der Waals surface area contributed by atoms with Gasteiger partial charge in [-0.1, -0.05) is 18.2 Å². The van der Waals surface area contributed by atoms with Gasteiger partial charge in [-0.2, -0.15) is 0 Å². The number of thiazole rings is 1. The normalized spacial score (nSPS) is 10.6. The Morgan fingerprint density at radius 1 is 1.12 bits per heavy atom. The molecular weight excluding hydrogens is 318 g/mol. The van der Waals surface area contributed by atoms with Crippen molar-refractivity contribution >= 4 is 22.9 Å². The highest BCUT2D eigenvalue weighted by molar-refractivity contribution is 7.15. The van der Waals surface area contributed by atoms with Gasteiger partial charge >= 0.3 is 0 Å². The van der Waals surface area contributed by atoms with Gasteiger partial charge in [0.15, 0.2) is 0 Å². The number of benzene rings is 1. The molecule has 3 aromatic rings. The molecule has 0 aliphatic rings. The van der Waals surface area contributed by atoms with Crippen molar-refractivity contribution in [1.29, 1.82) is 0 Å². The summed E-state index contributed by atoms with van der Waals surface area (Å²) in [6.45, 7) is 5.99. The lowest BCUT2D eigenvalue weighted by molar-refractivity contribution is -0.115. The van der Waals surface area contributed by atoms with Crippen LogP contribution in [0.2, 0.25) is 0 Å². The van der Waals surface area contributed by atoms with E-state index in [-0.39, 0.29) is 5.91 Å². The first-order valence-corrected chi connectivity index (χ1v) is 8.60. The number of carbonyl (C=O) groups excluding carboxylic acids is 1. The Morgan fingerprint density at radius 2 is 1.96 bits per heavy atom. The monoisotopic (exact) mass is 337 g/mol. The molecule has 0 bridgehead atoms. The third-order valence-corrected chi connectivity index (χ3v) is 5.16. The number of anilines is 1. The summed E-state index contributed by atoms with van der Waals surface area (Å²) in [7, 11) is 0. The molecule has 1 N–H and O–H groups in total. The number of pyridine rings is 1. The van der Waals surface area contributed by atoms with Gasteiger partial charge in [0.1, 0.15) is 5.01 Å². The summed E-state index contributed by atoms with van der Waals surface area (Å²) in [6, 6.07) is 11.7. The van der Waals surface area contributed by atoms with Crippen LogP contribution in [0.15, 0.2) is 42.6 Å². The zero-order chi connectivity index (χ0) is 17.1. The second-order valence-electron chi connectivity index (χ2n) is 5.72. The first kappa shape index (κ1) is 16.3. The summed E-state index contributed by atoms with van der Waals surface area (Å²) in [5.41, 5.74) is 4.86. The number of aryl methyl sites for hydroxylation is 2. The fraction of sp³-hybridized carbons (Fsp3) is 0.211. The van der Waals surface area contributed by atoms with E-state index < -0.39 is 0 Å². The van der Waals surface area contributed by atoms with E-state index in [2.05, 4.69) is 15.3 Å². The topological polar surface area (TPSA) is 54.9 Å². The van der Waals surface area contributed by atoms with Crippen LogP contribution in [-0.4, -0.2) is 15.9 Å². The number of amides is 1. The maximum Gasteiger partial charge on any atom is 0.229 e. The van der Waals surface area contributed by atoms with Crippen molar-refractivity contribution in [1.82, 2.24) is 9.97 Å². The van der Waals surface area contributed by atoms with Gasteiger partial charge in [0.05, 0.1) is 17.8 Å². The van der Waals surface area contributed by atoms with Crippen LogP contribution in [0, 0.1) is 20.8 Å². The van der Waals surface area contributed by atoms with Crippen LogP contribution in [0.25, 0.3) is 10.7 Å². The number of hydrogen-bond acceptors (Lipinski definition) is 4. The van der Waals surface area contributed by atoms with E-state index in [9.17, 15) is 4.79 Å². The molecule has 122 valence electrons. The summed E-state index contributed by atoms with van der Waals surface area (Å²) >= 11 is 1.52. The third kappa shape index (κ3) is 3.51. The minimum absolute atomic E-state index is 0.0250. The predicted octanol–water partition coefficient (Wildman–Crippen LogP) is 4.31. The lowest BCUT2D eigenvalue weighted by atomic mass is 10.1. The van der Waals surface area contributed by atoms with E-state index in [0.29, 0.717) is 6.42 Å². The maximum atomic E-state index is 12.4. The summed E-state index contributed by atoms with van der Waals surface area (Å²) < 4.78 is 0. The predicted molar refractivity (Wildman–Crippen MR) is 98.3 cm³/mol. The molecule has 0 saturated heterocycles. The van der Waals surface area contributed by atoms with Crippen LogP contribution < -0.4 is 5.32 Å². The molecule has 2 aromatic heterocycles. The maximum absolute atomic E-state index is 12.4. The van der Waals surface area contributed by atoms with E-state index in [1.807, 2.05) is 57.2 Å². The molecule has 0 atom stereocenters. The van der Waals surface area contributed by atoms with Crippen molar-refractivity contribution in [3.63, 3.8) is 0 Å². The minimum atomic E-state index is -0.0250. The SMILES string of the molecule is Cc1cccc(NC(=O)Cc2sc(-c3ccccn3)nc2C)c1C. The van der Waals surface area contributed by atoms with Crippen molar-refractivity contribution in [2.75, 3.05) is 5.32 Å². The number of carbonyl (C=O) groups is 1. The quantitative estimate of drug-likeness (QED) is 0.772. The smallest absolute Gasteiger partial charge is 0.229 e. The molecule has 24 heavy (non-hydrogen) atoms. The van der Waals surface area contributed by atoms with Gasteiger partial charge in [0, 0.05) is 16.8 Å². The average Bonchev–Trinajstić information content (AvgIpc) is 2.93. The Balaban J connectivity index is 1.75. The molecule has 0 radical (unpaired) electrons. The highest BCUT2D eigenvalue weighted by atomic mass is 32.1. The molecule has 0 saturated carbocycles. The molecule has 4 nitrogen and oxygen atoms in total. The molecule has 0 aliphatic heterocycles. The fourth-order valence-electron chi connectivity index (χ4n) is 2.42. The second-order valence-corrected chi connectivity index (χ2v) is 6.80. The lowest BCUT2D eigenvalue weighted by Crippen LogP contribution is -2.15. The molecule has 3 rings (SSSR count). The van der Waals surface area contributed by atoms with Gasteiger partial charge in [-0.15, -0.1) is 11.3 Å². The van der Waals surface area contributed by atoms with Crippen LogP contribution in [-0.2, 0) is 11.2 Å². The molecule has 0 fully saturated rings. The summed E-state index contributed by atoms with van der Waals surface area (Å²) in [6.07, 6.45) is 2.07. The standard InChI is InChI=1S/C19H19N3OS/c1-12-7-6-9-15(13(12)2)22-18(23)11-17-14(3)21-19(24-17)16-8-4-5-10-20-16/h4-10H,11H2,1-3H3,(H,22,23). The van der Waals surface area contributed by atoms with Crippen molar-refractivity contribution < 1.29 is 4.79 Å². The number of nitrogens with zero attached hydrogens (tertiary/aromatic N) is 2. The van der Waals surface area contributed by atoms with Crippen molar-refractivity contribution in [2.45, 2.75) is 27.2 Å². The van der Waals surface area contributed by atoms with Crippen LogP contribution in [0.4, 0.5) is 5.69 Å². The number of nitrogens with one attached hydrogen (secondary N) is 1. The van der Waals surface area contributed by atoms with Crippen molar-refractivity contribution in [3.8, 4) is 10.7 Å². The minimum Gasteiger partial charge on any atom is -0.326 e. The van der Waals surface area contributed by atoms with E-state index in [1.165, 1.54) is 16.9 Å². The lowest BCUT2D eigenvalue weighted by Gasteiger charge is -2.09.